The van der Waals surface area contributed by atoms with Gasteiger partial charge in [0.05, 0.1) is 0 Å². The van der Waals surface area contributed by atoms with E-state index in [1.165, 1.54) is 0 Å². The molecular formula is C8H15N5. The van der Waals surface area contributed by atoms with Crippen molar-refractivity contribution in [1.82, 2.24) is 9.97 Å². The van der Waals surface area contributed by atoms with Crippen molar-refractivity contribution in [2.24, 2.45) is 5.73 Å². The molecule has 0 radical (unpaired) electrons. The summed E-state index contributed by atoms with van der Waals surface area (Å²) in [4.78, 5) is 10.2. The Morgan fingerprint density at radius 3 is 2.92 bits per heavy atom. The van der Waals surface area contributed by atoms with Gasteiger partial charge in [0.15, 0.2) is 0 Å². The van der Waals surface area contributed by atoms with Crippen molar-refractivity contribution in [2.75, 3.05) is 37.4 Å². The molecule has 3 N–H and O–H groups in total. The highest BCUT2D eigenvalue weighted by Crippen LogP contribution is 2.06. The fourth-order valence-electron chi connectivity index (χ4n) is 0.863. The van der Waals surface area contributed by atoms with E-state index >= 15 is 0 Å². The van der Waals surface area contributed by atoms with Gasteiger partial charge in [-0.25, -0.2) is 4.98 Å². The summed E-state index contributed by atoms with van der Waals surface area (Å²) < 4.78 is 0. The summed E-state index contributed by atoms with van der Waals surface area (Å²) in [7, 11) is 3.81. The molecule has 0 aromatic carbocycles. The molecule has 1 aromatic rings. The summed E-state index contributed by atoms with van der Waals surface area (Å²) in [6.45, 7) is 1.32. The van der Waals surface area contributed by atoms with E-state index in [4.69, 9.17) is 5.73 Å². The van der Waals surface area contributed by atoms with Crippen LogP contribution in [0.15, 0.2) is 12.3 Å². The molecule has 0 aliphatic rings. The van der Waals surface area contributed by atoms with Crippen LogP contribution in [0.25, 0.3) is 0 Å². The van der Waals surface area contributed by atoms with Crippen LogP contribution in [0.5, 0.6) is 0 Å². The van der Waals surface area contributed by atoms with Gasteiger partial charge in [0.2, 0.25) is 5.95 Å². The fourth-order valence-corrected chi connectivity index (χ4v) is 0.863. The topological polar surface area (TPSA) is 67.1 Å². The minimum absolute atomic E-state index is 0.599. The lowest BCUT2D eigenvalue weighted by atomic mass is 10.5. The first-order valence-electron chi connectivity index (χ1n) is 4.18. The van der Waals surface area contributed by atoms with Crippen molar-refractivity contribution < 1.29 is 0 Å². The number of aromatic nitrogens is 2. The van der Waals surface area contributed by atoms with Crippen molar-refractivity contribution in [1.29, 1.82) is 0 Å². The molecule has 0 amide bonds. The normalized spacial score (nSPS) is 9.77. The number of nitrogens with zero attached hydrogens (tertiary/aromatic N) is 3. The van der Waals surface area contributed by atoms with Crippen LogP contribution in [-0.4, -0.2) is 37.2 Å². The third-order valence-electron chi connectivity index (χ3n) is 1.49. The van der Waals surface area contributed by atoms with Crippen molar-refractivity contribution >= 4 is 11.8 Å². The first-order chi connectivity index (χ1) is 6.24. The molecule has 13 heavy (non-hydrogen) atoms. The Labute approximate surface area is 78.0 Å². The molecule has 72 valence electrons. The molecule has 0 bridgehead atoms. The monoisotopic (exact) mass is 181 g/mol. The molecule has 0 aliphatic heterocycles. The van der Waals surface area contributed by atoms with Crippen LogP contribution in [0.4, 0.5) is 11.8 Å². The largest absolute Gasteiger partial charge is 0.369 e. The molecule has 1 rings (SSSR count). The van der Waals surface area contributed by atoms with Crippen LogP contribution in [0.1, 0.15) is 0 Å². The van der Waals surface area contributed by atoms with E-state index in [9.17, 15) is 0 Å². The molecule has 5 heteroatoms. The lowest BCUT2D eigenvalue weighted by Gasteiger charge is -2.11. The third-order valence-corrected chi connectivity index (χ3v) is 1.49. The number of hydrogen-bond donors (Lipinski definition) is 2. The third kappa shape index (κ3) is 2.87. The van der Waals surface area contributed by atoms with Crippen LogP contribution in [-0.2, 0) is 0 Å². The Kier molecular flexibility index (Phi) is 3.45. The van der Waals surface area contributed by atoms with E-state index in [0.29, 0.717) is 12.5 Å². The highest BCUT2D eigenvalue weighted by molar-refractivity contribution is 5.40. The summed E-state index contributed by atoms with van der Waals surface area (Å²) in [5.41, 5.74) is 5.36. The van der Waals surface area contributed by atoms with Crippen LogP contribution < -0.4 is 16.0 Å². The van der Waals surface area contributed by atoms with Crippen LogP contribution in [0, 0.1) is 0 Å². The Hall–Kier alpha value is -1.36. The molecule has 5 nitrogen and oxygen atoms in total. The predicted octanol–water partition coefficient (Wildman–Crippen LogP) is -0.0868. The van der Waals surface area contributed by atoms with E-state index < -0.39 is 0 Å². The molecule has 0 aliphatic carbocycles. The maximum absolute atomic E-state index is 5.36. The van der Waals surface area contributed by atoms with Gasteiger partial charge in [-0.3, -0.25) is 0 Å². The predicted molar refractivity (Wildman–Crippen MR) is 53.9 cm³/mol. The van der Waals surface area contributed by atoms with Gasteiger partial charge < -0.3 is 16.0 Å². The molecule has 0 unspecified atom stereocenters. The van der Waals surface area contributed by atoms with Crippen LogP contribution >= 0.6 is 0 Å². The first kappa shape index (κ1) is 9.73. The van der Waals surface area contributed by atoms with E-state index in [1.807, 2.05) is 25.1 Å². The summed E-state index contributed by atoms with van der Waals surface area (Å²) in [6, 6.07) is 1.82. The van der Waals surface area contributed by atoms with E-state index in [-0.39, 0.29) is 0 Å². The highest BCUT2D eigenvalue weighted by atomic mass is 15.2. The average Bonchev–Trinajstić information content (AvgIpc) is 2.15. The zero-order valence-electron chi connectivity index (χ0n) is 7.99. The van der Waals surface area contributed by atoms with Gasteiger partial charge in [0.25, 0.3) is 0 Å². The summed E-state index contributed by atoms with van der Waals surface area (Å²) in [6.07, 6.45) is 1.72. The molecular weight excluding hydrogens is 166 g/mol. The molecule has 1 heterocycles. The molecule has 0 atom stereocenters. The van der Waals surface area contributed by atoms with Gasteiger partial charge >= 0.3 is 0 Å². The van der Waals surface area contributed by atoms with Crippen molar-refractivity contribution in [3.05, 3.63) is 12.3 Å². The quantitative estimate of drug-likeness (QED) is 0.679. The molecule has 0 spiro atoms. The van der Waals surface area contributed by atoms with Crippen LogP contribution in [0.3, 0.4) is 0 Å². The minimum atomic E-state index is 0.599. The van der Waals surface area contributed by atoms with Gasteiger partial charge in [-0.2, -0.15) is 4.98 Å². The Balaban J connectivity index is 2.68. The lowest BCUT2D eigenvalue weighted by Crippen LogP contribution is -2.16. The number of nitrogens with two attached hydrogens (primary N) is 1. The number of hydrogen-bond acceptors (Lipinski definition) is 5. The van der Waals surface area contributed by atoms with Gasteiger partial charge in [-0.05, 0) is 6.07 Å². The van der Waals surface area contributed by atoms with E-state index in [2.05, 4.69) is 15.3 Å². The molecule has 0 saturated heterocycles. The van der Waals surface area contributed by atoms with Crippen molar-refractivity contribution in [3.63, 3.8) is 0 Å². The van der Waals surface area contributed by atoms with Crippen LogP contribution in [0.2, 0.25) is 0 Å². The van der Waals surface area contributed by atoms with Gasteiger partial charge in [-0.1, -0.05) is 0 Å². The zero-order valence-corrected chi connectivity index (χ0v) is 7.99. The number of anilines is 2. The number of rotatable bonds is 4. The molecule has 0 fully saturated rings. The molecule has 1 aromatic heterocycles. The lowest BCUT2D eigenvalue weighted by molar-refractivity contribution is 0.972. The standard InChI is InChI=1S/C8H15N5/c1-13(2)8-11-5-3-7(12-8)10-6-4-9/h3,5H,4,6,9H2,1-2H3,(H,10,11,12). The smallest absolute Gasteiger partial charge is 0.226 e. The minimum Gasteiger partial charge on any atom is -0.369 e. The Bertz CT molecular complexity index is 260. The van der Waals surface area contributed by atoms with E-state index in [1.54, 1.807) is 6.20 Å². The Morgan fingerprint density at radius 2 is 2.31 bits per heavy atom. The van der Waals surface area contributed by atoms with Gasteiger partial charge in [0, 0.05) is 33.4 Å². The second-order valence-electron chi connectivity index (χ2n) is 2.85. The highest BCUT2D eigenvalue weighted by Gasteiger charge is 1.99. The SMILES string of the molecule is CN(C)c1nccc(NCCN)n1. The fraction of sp³-hybridized carbons (Fsp3) is 0.500. The summed E-state index contributed by atoms with van der Waals surface area (Å²) in [5, 5.41) is 3.09. The Morgan fingerprint density at radius 1 is 1.54 bits per heavy atom. The van der Waals surface area contributed by atoms with Crippen molar-refractivity contribution in [2.45, 2.75) is 0 Å². The second-order valence-corrected chi connectivity index (χ2v) is 2.85. The van der Waals surface area contributed by atoms with Gasteiger partial charge in [-0.15, -0.1) is 0 Å². The average molecular weight is 181 g/mol. The van der Waals surface area contributed by atoms with Crippen molar-refractivity contribution in [3.8, 4) is 0 Å². The van der Waals surface area contributed by atoms with Gasteiger partial charge in [0.1, 0.15) is 5.82 Å². The summed E-state index contributed by atoms with van der Waals surface area (Å²) in [5.74, 6) is 1.51. The van der Waals surface area contributed by atoms with E-state index in [0.717, 1.165) is 12.4 Å². The summed E-state index contributed by atoms with van der Waals surface area (Å²) >= 11 is 0. The molecule has 0 saturated carbocycles. The zero-order chi connectivity index (χ0) is 9.68. The second kappa shape index (κ2) is 4.61. The maximum atomic E-state index is 5.36. The maximum Gasteiger partial charge on any atom is 0.226 e. The number of nitrogens with one attached hydrogen (secondary N) is 1. The first-order valence-corrected chi connectivity index (χ1v) is 4.18.